The van der Waals surface area contributed by atoms with Crippen LogP contribution in [0.4, 0.5) is 5.82 Å². The molecule has 1 saturated heterocycles. The van der Waals surface area contributed by atoms with E-state index in [4.69, 9.17) is 0 Å². The van der Waals surface area contributed by atoms with Gasteiger partial charge in [0.25, 0.3) is 0 Å². The van der Waals surface area contributed by atoms with Crippen LogP contribution in [0.5, 0.6) is 0 Å². The van der Waals surface area contributed by atoms with Crippen molar-refractivity contribution in [2.45, 2.75) is 12.8 Å². The van der Waals surface area contributed by atoms with Crippen molar-refractivity contribution in [2.24, 2.45) is 5.92 Å². The number of carbonyl (C=O) groups excluding carboxylic acids is 1. The number of aromatic nitrogens is 2. The molecule has 0 aromatic carbocycles. The largest absolute Gasteiger partial charge is 0.316 e. The van der Waals surface area contributed by atoms with E-state index in [-0.39, 0.29) is 5.91 Å². The van der Waals surface area contributed by atoms with Crippen LogP contribution < -0.4 is 10.6 Å². The first-order valence-corrected chi connectivity index (χ1v) is 5.11. The predicted octanol–water partition coefficient (Wildman–Crippen LogP) is 0.415. The molecule has 2 rings (SSSR count). The molecule has 80 valence electrons. The lowest BCUT2D eigenvalue weighted by atomic mass is 10.0. The standard InChI is InChI=1S/C10H14N4O/c15-10(5-8-1-2-11-6-8)14-9-7-12-3-4-13-9/h3-4,7-8,11H,1-2,5-6H2,(H,13,14,15). The Morgan fingerprint density at radius 2 is 2.53 bits per heavy atom. The van der Waals surface area contributed by atoms with Crippen molar-refractivity contribution >= 4 is 11.7 Å². The summed E-state index contributed by atoms with van der Waals surface area (Å²) in [6.07, 6.45) is 6.32. The van der Waals surface area contributed by atoms with Gasteiger partial charge in [0, 0.05) is 18.8 Å². The van der Waals surface area contributed by atoms with Crippen molar-refractivity contribution in [3.8, 4) is 0 Å². The van der Waals surface area contributed by atoms with Gasteiger partial charge in [-0.2, -0.15) is 0 Å². The molecule has 1 atom stereocenters. The normalized spacial score (nSPS) is 20.1. The van der Waals surface area contributed by atoms with Gasteiger partial charge in [-0.3, -0.25) is 9.78 Å². The molecule has 0 aliphatic carbocycles. The van der Waals surface area contributed by atoms with Crippen LogP contribution in [0.25, 0.3) is 0 Å². The zero-order chi connectivity index (χ0) is 10.5. The van der Waals surface area contributed by atoms with Crippen molar-refractivity contribution in [3.63, 3.8) is 0 Å². The van der Waals surface area contributed by atoms with Gasteiger partial charge in [-0.05, 0) is 25.4 Å². The van der Waals surface area contributed by atoms with Gasteiger partial charge in [0.05, 0.1) is 6.20 Å². The van der Waals surface area contributed by atoms with Crippen LogP contribution in [0.1, 0.15) is 12.8 Å². The minimum absolute atomic E-state index is 0.0178. The average molecular weight is 206 g/mol. The number of hydrogen-bond donors (Lipinski definition) is 2. The molecule has 2 heterocycles. The summed E-state index contributed by atoms with van der Waals surface area (Å²) in [7, 11) is 0. The fourth-order valence-corrected chi connectivity index (χ4v) is 1.71. The molecule has 1 unspecified atom stereocenters. The molecule has 0 bridgehead atoms. The fraction of sp³-hybridized carbons (Fsp3) is 0.500. The SMILES string of the molecule is O=C(CC1CCNC1)Nc1cnccn1. The number of rotatable bonds is 3. The highest BCUT2D eigenvalue weighted by Crippen LogP contribution is 2.12. The molecule has 5 heteroatoms. The zero-order valence-corrected chi connectivity index (χ0v) is 8.44. The molecule has 0 radical (unpaired) electrons. The molecule has 1 aliphatic heterocycles. The maximum atomic E-state index is 11.6. The van der Waals surface area contributed by atoms with Gasteiger partial charge >= 0.3 is 0 Å². The van der Waals surface area contributed by atoms with Crippen LogP contribution in [0.15, 0.2) is 18.6 Å². The maximum absolute atomic E-state index is 11.6. The van der Waals surface area contributed by atoms with E-state index in [1.165, 1.54) is 0 Å². The highest BCUT2D eigenvalue weighted by molar-refractivity contribution is 5.89. The van der Waals surface area contributed by atoms with E-state index in [9.17, 15) is 4.79 Å². The minimum Gasteiger partial charge on any atom is -0.316 e. The third-order valence-electron chi connectivity index (χ3n) is 2.47. The summed E-state index contributed by atoms with van der Waals surface area (Å²) in [4.78, 5) is 19.4. The van der Waals surface area contributed by atoms with E-state index in [0.717, 1.165) is 19.5 Å². The summed E-state index contributed by atoms with van der Waals surface area (Å²) >= 11 is 0. The van der Waals surface area contributed by atoms with Crippen LogP contribution in [0.2, 0.25) is 0 Å². The van der Waals surface area contributed by atoms with Gasteiger partial charge in [-0.25, -0.2) is 4.98 Å². The van der Waals surface area contributed by atoms with E-state index in [0.29, 0.717) is 18.2 Å². The van der Waals surface area contributed by atoms with Gasteiger partial charge in [0.15, 0.2) is 5.82 Å². The highest BCUT2D eigenvalue weighted by atomic mass is 16.1. The molecular weight excluding hydrogens is 192 g/mol. The zero-order valence-electron chi connectivity index (χ0n) is 8.44. The second-order valence-corrected chi connectivity index (χ2v) is 3.70. The Balaban J connectivity index is 1.82. The number of hydrogen-bond acceptors (Lipinski definition) is 4. The smallest absolute Gasteiger partial charge is 0.225 e. The average Bonchev–Trinajstić information content (AvgIpc) is 2.71. The molecule has 2 N–H and O–H groups in total. The predicted molar refractivity (Wildman–Crippen MR) is 56.3 cm³/mol. The second-order valence-electron chi connectivity index (χ2n) is 3.70. The van der Waals surface area contributed by atoms with Gasteiger partial charge < -0.3 is 10.6 Å². The monoisotopic (exact) mass is 206 g/mol. The Bertz CT molecular complexity index is 321. The van der Waals surface area contributed by atoms with Crippen LogP contribution in [0.3, 0.4) is 0 Å². The molecule has 0 saturated carbocycles. The highest BCUT2D eigenvalue weighted by Gasteiger charge is 2.18. The van der Waals surface area contributed by atoms with Crippen molar-refractivity contribution in [3.05, 3.63) is 18.6 Å². The Morgan fingerprint density at radius 1 is 1.60 bits per heavy atom. The number of nitrogens with zero attached hydrogens (tertiary/aromatic N) is 2. The summed E-state index contributed by atoms with van der Waals surface area (Å²) in [5, 5.41) is 5.96. The third-order valence-corrected chi connectivity index (χ3v) is 2.47. The Labute approximate surface area is 88.3 Å². The van der Waals surface area contributed by atoms with Crippen LogP contribution >= 0.6 is 0 Å². The Kier molecular flexibility index (Phi) is 3.24. The van der Waals surface area contributed by atoms with Crippen LogP contribution in [0, 0.1) is 5.92 Å². The van der Waals surface area contributed by atoms with Crippen molar-refractivity contribution in [2.75, 3.05) is 18.4 Å². The van der Waals surface area contributed by atoms with E-state index in [2.05, 4.69) is 20.6 Å². The molecule has 1 amide bonds. The van der Waals surface area contributed by atoms with Gasteiger partial charge in [0.2, 0.25) is 5.91 Å². The molecule has 1 aromatic heterocycles. The lowest BCUT2D eigenvalue weighted by Crippen LogP contribution is -2.18. The maximum Gasteiger partial charge on any atom is 0.225 e. The van der Waals surface area contributed by atoms with Crippen molar-refractivity contribution < 1.29 is 4.79 Å². The summed E-state index contributed by atoms with van der Waals surface area (Å²) in [6.45, 7) is 1.96. The van der Waals surface area contributed by atoms with E-state index in [1.807, 2.05) is 0 Å². The van der Waals surface area contributed by atoms with Crippen molar-refractivity contribution in [1.82, 2.24) is 15.3 Å². The topological polar surface area (TPSA) is 66.9 Å². The van der Waals surface area contributed by atoms with Gasteiger partial charge in [-0.15, -0.1) is 0 Å². The molecule has 5 nitrogen and oxygen atoms in total. The molecule has 1 aliphatic rings. The summed E-state index contributed by atoms with van der Waals surface area (Å²) < 4.78 is 0. The Hall–Kier alpha value is -1.49. The fourth-order valence-electron chi connectivity index (χ4n) is 1.71. The van der Waals surface area contributed by atoms with E-state index < -0.39 is 0 Å². The van der Waals surface area contributed by atoms with E-state index >= 15 is 0 Å². The summed E-state index contributed by atoms with van der Waals surface area (Å²) in [5.41, 5.74) is 0. The Morgan fingerprint density at radius 3 is 3.20 bits per heavy atom. The number of nitrogens with one attached hydrogen (secondary N) is 2. The summed E-state index contributed by atoms with van der Waals surface area (Å²) in [5.74, 6) is 0.999. The lowest BCUT2D eigenvalue weighted by Gasteiger charge is -2.07. The number of carbonyl (C=O) groups is 1. The molecule has 0 spiro atoms. The van der Waals surface area contributed by atoms with Gasteiger partial charge in [-0.1, -0.05) is 0 Å². The molecule has 15 heavy (non-hydrogen) atoms. The summed E-state index contributed by atoms with van der Waals surface area (Å²) in [6, 6.07) is 0. The third kappa shape index (κ3) is 2.99. The van der Waals surface area contributed by atoms with Crippen LogP contribution in [-0.4, -0.2) is 29.0 Å². The first-order chi connectivity index (χ1) is 7.34. The quantitative estimate of drug-likeness (QED) is 0.752. The molecule has 1 aromatic rings. The molecule has 1 fully saturated rings. The lowest BCUT2D eigenvalue weighted by molar-refractivity contribution is -0.117. The second kappa shape index (κ2) is 4.84. The van der Waals surface area contributed by atoms with Crippen molar-refractivity contribution in [1.29, 1.82) is 0 Å². The first-order valence-electron chi connectivity index (χ1n) is 5.11. The van der Waals surface area contributed by atoms with Crippen LogP contribution in [-0.2, 0) is 4.79 Å². The number of anilines is 1. The van der Waals surface area contributed by atoms with Gasteiger partial charge in [0.1, 0.15) is 0 Å². The first kappa shape index (κ1) is 10.0. The van der Waals surface area contributed by atoms with E-state index in [1.54, 1.807) is 18.6 Å². The number of amides is 1. The molecular formula is C10H14N4O. The minimum atomic E-state index is 0.0178.